The fraction of sp³-hybridized carbons (Fsp3) is 0.875. The Balaban J connectivity index is 1.65. The molecule has 0 aromatic heterocycles. The third-order valence-electron chi connectivity index (χ3n) is 4.52. The molecule has 2 aliphatic rings. The van der Waals surface area contributed by atoms with E-state index in [9.17, 15) is 4.79 Å². The maximum atomic E-state index is 12.4. The van der Waals surface area contributed by atoms with Gasteiger partial charge in [-0.25, -0.2) is 0 Å². The first kappa shape index (κ1) is 17.1. The molecule has 3 N–H and O–H groups in total. The molecule has 2 rings (SSSR count). The number of nitrogens with zero attached hydrogens (tertiary/aromatic N) is 3. The predicted octanol–water partition coefficient (Wildman–Crippen LogP) is 0.634. The highest BCUT2D eigenvalue weighted by molar-refractivity contribution is 5.79. The number of guanidine groups is 1. The Morgan fingerprint density at radius 1 is 1.23 bits per heavy atom. The molecule has 1 aliphatic carbocycles. The highest BCUT2D eigenvalue weighted by Gasteiger charge is 2.29. The van der Waals surface area contributed by atoms with Crippen LogP contribution in [0.1, 0.15) is 39.5 Å². The van der Waals surface area contributed by atoms with Crippen LogP contribution >= 0.6 is 0 Å². The topological polar surface area (TPSA) is 74.0 Å². The van der Waals surface area contributed by atoms with Crippen molar-refractivity contribution >= 4 is 11.9 Å². The number of amides is 1. The van der Waals surface area contributed by atoms with Crippen molar-refractivity contribution in [2.75, 3.05) is 39.3 Å². The number of hydrogen-bond donors (Lipinski definition) is 2. The van der Waals surface area contributed by atoms with E-state index in [1.165, 1.54) is 12.8 Å². The smallest absolute Gasteiger partial charge is 0.225 e. The Labute approximate surface area is 134 Å². The van der Waals surface area contributed by atoms with E-state index in [4.69, 9.17) is 5.73 Å². The second-order valence-corrected chi connectivity index (χ2v) is 6.71. The highest BCUT2D eigenvalue weighted by atomic mass is 16.2. The Morgan fingerprint density at radius 2 is 1.86 bits per heavy atom. The zero-order valence-corrected chi connectivity index (χ0v) is 14.1. The lowest BCUT2D eigenvalue weighted by atomic mass is 10.1. The molecule has 1 saturated carbocycles. The molecule has 1 saturated heterocycles. The molecule has 126 valence electrons. The summed E-state index contributed by atoms with van der Waals surface area (Å²) in [7, 11) is 0. The number of nitrogens with one attached hydrogen (secondary N) is 1. The van der Waals surface area contributed by atoms with Gasteiger partial charge in [0.2, 0.25) is 5.91 Å². The van der Waals surface area contributed by atoms with E-state index >= 15 is 0 Å². The zero-order chi connectivity index (χ0) is 15.9. The van der Waals surface area contributed by atoms with Crippen molar-refractivity contribution in [2.45, 2.75) is 45.6 Å². The number of aliphatic imine (C=N–C) groups is 1. The van der Waals surface area contributed by atoms with Gasteiger partial charge in [-0.05, 0) is 26.7 Å². The van der Waals surface area contributed by atoms with E-state index < -0.39 is 0 Å². The maximum Gasteiger partial charge on any atom is 0.225 e. The second-order valence-electron chi connectivity index (χ2n) is 6.71. The minimum Gasteiger partial charge on any atom is -0.370 e. The number of rotatable bonds is 5. The second kappa shape index (κ2) is 8.36. The summed E-state index contributed by atoms with van der Waals surface area (Å²) in [4.78, 5) is 21.1. The molecule has 0 aromatic carbocycles. The summed E-state index contributed by atoms with van der Waals surface area (Å²) in [5.74, 6) is 1.21. The molecule has 22 heavy (non-hydrogen) atoms. The van der Waals surface area contributed by atoms with Gasteiger partial charge in [0.25, 0.3) is 0 Å². The van der Waals surface area contributed by atoms with Crippen LogP contribution in [0.3, 0.4) is 0 Å². The summed E-state index contributed by atoms with van der Waals surface area (Å²) in [5.41, 5.74) is 5.79. The number of carbonyl (C=O) groups is 1. The Kier molecular flexibility index (Phi) is 6.49. The summed E-state index contributed by atoms with van der Waals surface area (Å²) in [6.07, 6.45) is 4.63. The summed E-state index contributed by atoms with van der Waals surface area (Å²) >= 11 is 0. The first-order valence-electron chi connectivity index (χ1n) is 8.64. The molecule has 0 radical (unpaired) electrons. The van der Waals surface area contributed by atoms with Gasteiger partial charge in [0.15, 0.2) is 5.96 Å². The van der Waals surface area contributed by atoms with Crippen LogP contribution in [0, 0.1) is 5.92 Å². The van der Waals surface area contributed by atoms with E-state index in [1.807, 2.05) is 13.8 Å². The van der Waals surface area contributed by atoms with Gasteiger partial charge in [0.05, 0.1) is 6.54 Å². The van der Waals surface area contributed by atoms with Crippen molar-refractivity contribution in [3.8, 4) is 0 Å². The maximum absolute atomic E-state index is 12.4. The highest BCUT2D eigenvalue weighted by Crippen LogP contribution is 2.26. The molecule has 1 amide bonds. The average Bonchev–Trinajstić information content (AvgIpc) is 3.00. The average molecular weight is 309 g/mol. The van der Waals surface area contributed by atoms with Crippen LogP contribution in [0.2, 0.25) is 0 Å². The molecule has 0 bridgehead atoms. The number of piperazine rings is 1. The molecule has 1 heterocycles. The quantitative estimate of drug-likeness (QED) is 0.577. The summed E-state index contributed by atoms with van der Waals surface area (Å²) in [6, 6.07) is 0.314. The van der Waals surface area contributed by atoms with Gasteiger partial charge >= 0.3 is 0 Å². The van der Waals surface area contributed by atoms with Crippen molar-refractivity contribution in [1.29, 1.82) is 0 Å². The molecule has 0 atom stereocenters. The van der Waals surface area contributed by atoms with Crippen molar-refractivity contribution in [1.82, 2.24) is 15.1 Å². The molecule has 6 heteroatoms. The Morgan fingerprint density at radius 3 is 2.45 bits per heavy atom. The van der Waals surface area contributed by atoms with Crippen LogP contribution < -0.4 is 11.1 Å². The van der Waals surface area contributed by atoms with Crippen LogP contribution in [0.5, 0.6) is 0 Å². The molecular weight excluding hydrogens is 278 g/mol. The van der Waals surface area contributed by atoms with Gasteiger partial charge in [-0.15, -0.1) is 0 Å². The van der Waals surface area contributed by atoms with Gasteiger partial charge in [-0.2, -0.15) is 0 Å². The molecule has 0 aromatic rings. The van der Waals surface area contributed by atoms with Crippen molar-refractivity contribution in [3.63, 3.8) is 0 Å². The molecule has 6 nitrogen and oxygen atoms in total. The monoisotopic (exact) mass is 309 g/mol. The van der Waals surface area contributed by atoms with Gasteiger partial charge in [0.1, 0.15) is 0 Å². The zero-order valence-electron chi connectivity index (χ0n) is 14.1. The molecule has 2 fully saturated rings. The molecular formula is C16H31N5O. The van der Waals surface area contributed by atoms with E-state index in [1.54, 1.807) is 0 Å². The van der Waals surface area contributed by atoms with E-state index in [2.05, 4.69) is 20.1 Å². The fourth-order valence-corrected chi connectivity index (χ4v) is 3.28. The lowest BCUT2D eigenvalue weighted by Crippen LogP contribution is -2.50. The van der Waals surface area contributed by atoms with Crippen LogP contribution in [0.25, 0.3) is 0 Å². The van der Waals surface area contributed by atoms with Crippen LogP contribution in [0.4, 0.5) is 0 Å². The van der Waals surface area contributed by atoms with Gasteiger partial charge in [0, 0.05) is 44.7 Å². The molecule has 1 aliphatic heterocycles. The summed E-state index contributed by atoms with van der Waals surface area (Å²) < 4.78 is 0. The first-order valence-corrected chi connectivity index (χ1v) is 8.64. The van der Waals surface area contributed by atoms with Crippen molar-refractivity contribution < 1.29 is 4.79 Å². The normalized spacial score (nSPS) is 21.6. The third-order valence-corrected chi connectivity index (χ3v) is 4.52. The molecule has 0 spiro atoms. The number of hydrogen-bond acceptors (Lipinski definition) is 3. The third kappa shape index (κ3) is 5.16. The Hall–Kier alpha value is -1.30. The standard InChI is InChI=1S/C16H31N5O/c1-13(2)19-16(17)18-7-8-20-9-11-21(12-10-20)15(22)14-5-3-4-6-14/h13-14H,3-12H2,1-2H3,(H3,17,18,19). The minimum absolute atomic E-state index is 0.304. The SMILES string of the molecule is CC(C)NC(N)=NCCN1CCN(C(=O)C2CCCC2)CC1. The summed E-state index contributed by atoms with van der Waals surface area (Å²) in [6.45, 7) is 9.33. The van der Waals surface area contributed by atoms with Gasteiger partial charge in [-0.3, -0.25) is 14.7 Å². The predicted molar refractivity (Wildman–Crippen MR) is 89.7 cm³/mol. The van der Waals surface area contributed by atoms with Crippen LogP contribution in [0.15, 0.2) is 4.99 Å². The first-order chi connectivity index (χ1) is 10.6. The van der Waals surface area contributed by atoms with Crippen LogP contribution in [-0.4, -0.2) is 67.0 Å². The molecule has 0 unspecified atom stereocenters. The van der Waals surface area contributed by atoms with Crippen molar-refractivity contribution in [2.24, 2.45) is 16.6 Å². The lowest BCUT2D eigenvalue weighted by molar-refractivity contribution is -0.137. The fourth-order valence-electron chi connectivity index (χ4n) is 3.28. The van der Waals surface area contributed by atoms with Crippen LogP contribution in [-0.2, 0) is 4.79 Å². The van der Waals surface area contributed by atoms with Crippen molar-refractivity contribution in [3.05, 3.63) is 0 Å². The summed E-state index contributed by atoms with van der Waals surface area (Å²) in [5, 5.41) is 3.09. The lowest BCUT2D eigenvalue weighted by Gasteiger charge is -2.35. The van der Waals surface area contributed by atoms with E-state index in [0.29, 0.717) is 30.4 Å². The number of carbonyl (C=O) groups excluding carboxylic acids is 1. The number of nitrogens with two attached hydrogens (primary N) is 1. The van der Waals surface area contributed by atoms with Gasteiger partial charge < -0.3 is 16.0 Å². The Bertz CT molecular complexity index is 382. The minimum atomic E-state index is 0.304. The largest absolute Gasteiger partial charge is 0.370 e. The van der Waals surface area contributed by atoms with Gasteiger partial charge in [-0.1, -0.05) is 12.8 Å². The van der Waals surface area contributed by atoms with E-state index in [0.717, 1.165) is 45.6 Å². The van der Waals surface area contributed by atoms with E-state index in [-0.39, 0.29) is 0 Å².